The zero-order valence-electron chi connectivity index (χ0n) is 19.3. The lowest BCUT2D eigenvalue weighted by molar-refractivity contribution is 0.331. The molecule has 5 nitrogen and oxygen atoms in total. The van der Waals surface area contributed by atoms with Crippen LogP contribution < -0.4 is 0 Å². The Kier molecular flexibility index (Phi) is 7.03. The highest BCUT2D eigenvalue weighted by Crippen LogP contribution is 2.47. The van der Waals surface area contributed by atoms with E-state index in [1.807, 2.05) is 30.1 Å². The van der Waals surface area contributed by atoms with E-state index in [1.165, 1.54) is 46.1 Å². The number of aromatic nitrogens is 2. The predicted molar refractivity (Wildman–Crippen MR) is 132 cm³/mol. The maximum absolute atomic E-state index is 10.5. The minimum Gasteiger partial charge on any atom is -0.282 e. The zero-order chi connectivity index (χ0) is 23.7. The van der Waals surface area contributed by atoms with E-state index in [1.54, 1.807) is 12.1 Å². The van der Waals surface area contributed by atoms with Crippen molar-refractivity contribution in [3.8, 4) is 0 Å². The van der Waals surface area contributed by atoms with E-state index in [4.69, 9.17) is 4.55 Å². The maximum atomic E-state index is 10.5. The van der Waals surface area contributed by atoms with Gasteiger partial charge in [0.2, 0.25) is 0 Å². The lowest BCUT2D eigenvalue weighted by Gasteiger charge is -2.42. The van der Waals surface area contributed by atoms with Gasteiger partial charge in [-0.1, -0.05) is 67.4 Å². The molecule has 0 spiro atoms. The molecule has 2 aromatic carbocycles. The fourth-order valence-corrected chi connectivity index (χ4v) is 4.98. The van der Waals surface area contributed by atoms with E-state index in [0.717, 1.165) is 12.1 Å². The number of nitrogens with zero attached hydrogens (tertiary/aromatic N) is 2. The van der Waals surface area contributed by atoms with Gasteiger partial charge in [0.25, 0.3) is 10.1 Å². The van der Waals surface area contributed by atoms with Gasteiger partial charge in [-0.15, -0.1) is 0 Å². The van der Waals surface area contributed by atoms with Gasteiger partial charge in [0.05, 0.1) is 11.4 Å². The van der Waals surface area contributed by atoms with Crippen LogP contribution in [-0.4, -0.2) is 22.8 Å². The van der Waals surface area contributed by atoms with Crippen molar-refractivity contribution in [2.75, 3.05) is 0 Å². The monoisotopic (exact) mass is 518 g/mol. The van der Waals surface area contributed by atoms with Crippen LogP contribution in [-0.2, 0) is 27.5 Å². The molecule has 3 aromatic rings. The summed E-state index contributed by atoms with van der Waals surface area (Å²) >= 11 is 3.77. The van der Waals surface area contributed by atoms with Crippen LogP contribution in [0.3, 0.4) is 0 Å². The molecule has 0 fully saturated rings. The normalized spacial score (nSPS) is 16.6. The number of hydrogen-bond acceptors (Lipinski definition) is 3. The molecular weight excluding hydrogens is 488 g/mol. The third kappa shape index (κ3) is 5.69. The average molecular weight is 520 g/mol. The fraction of sp³-hybridized carbons (Fsp3) is 0.400. The first-order valence-corrected chi connectivity index (χ1v) is 12.9. The van der Waals surface area contributed by atoms with Crippen molar-refractivity contribution in [2.45, 2.75) is 69.7 Å². The van der Waals surface area contributed by atoms with Crippen LogP contribution >= 0.6 is 15.9 Å². The first-order valence-electron chi connectivity index (χ1n) is 10.6. The van der Waals surface area contributed by atoms with Crippen LogP contribution in [0.4, 0.5) is 0 Å². The van der Waals surface area contributed by atoms with Crippen LogP contribution in [0.25, 0.3) is 0 Å². The van der Waals surface area contributed by atoms with Gasteiger partial charge in [-0.3, -0.25) is 9.23 Å². The topological polar surface area (TPSA) is 72.2 Å². The van der Waals surface area contributed by atoms with Gasteiger partial charge >= 0.3 is 0 Å². The third-order valence-corrected chi connectivity index (χ3v) is 7.84. The van der Waals surface area contributed by atoms with Crippen molar-refractivity contribution >= 4 is 26.0 Å². The number of hydrogen-bond donors (Lipinski definition) is 1. The number of benzene rings is 2. The fourth-order valence-electron chi connectivity index (χ4n) is 4.03. The maximum Gasteiger partial charge on any atom is 0.294 e. The third-order valence-electron chi connectivity index (χ3n) is 6.23. The number of rotatable bonds is 3. The van der Waals surface area contributed by atoms with Crippen LogP contribution in [0, 0.1) is 6.92 Å². The molecule has 1 aliphatic carbocycles. The Labute approximate surface area is 199 Å². The SMILES string of the molecule is CC1(C)CCC(C)(C)c2cc(Cn3cccn3)c(Br)cc21.Cc1ccc(S(=O)(=O)O)cc1. The molecule has 0 radical (unpaired) electrons. The number of halogens is 1. The van der Waals surface area contributed by atoms with Crippen molar-refractivity contribution < 1.29 is 13.0 Å². The molecule has 32 heavy (non-hydrogen) atoms. The molecule has 7 heteroatoms. The van der Waals surface area contributed by atoms with E-state index in [2.05, 4.69) is 60.9 Å². The number of aryl methyl sites for hydroxylation is 1. The molecule has 0 atom stereocenters. The largest absolute Gasteiger partial charge is 0.294 e. The molecule has 0 saturated heterocycles. The molecule has 0 bridgehead atoms. The van der Waals surface area contributed by atoms with Crippen LogP contribution in [0.15, 0.2) is 64.2 Å². The van der Waals surface area contributed by atoms with E-state index < -0.39 is 10.1 Å². The van der Waals surface area contributed by atoms with Gasteiger partial charge in [-0.25, -0.2) is 0 Å². The van der Waals surface area contributed by atoms with Crippen LogP contribution in [0.1, 0.15) is 62.8 Å². The minimum absolute atomic E-state index is 0.0666. The summed E-state index contributed by atoms with van der Waals surface area (Å²) in [4.78, 5) is -0.0666. The molecule has 1 heterocycles. The van der Waals surface area contributed by atoms with Crippen molar-refractivity contribution in [3.05, 3.63) is 81.6 Å². The Morgan fingerprint density at radius 3 is 2.09 bits per heavy atom. The highest BCUT2D eigenvalue weighted by Gasteiger charge is 2.37. The van der Waals surface area contributed by atoms with Crippen molar-refractivity contribution in [1.82, 2.24) is 9.78 Å². The lowest BCUT2D eigenvalue weighted by atomic mass is 9.63. The Bertz CT molecular complexity index is 1180. The first-order chi connectivity index (χ1) is 14.8. The average Bonchev–Trinajstić information content (AvgIpc) is 3.20. The van der Waals surface area contributed by atoms with Crippen molar-refractivity contribution in [1.29, 1.82) is 0 Å². The van der Waals surface area contributed by atoms with Crippen molar-refractivity contribution in [2.24, 2.45) is 0 Å². The van der Waals surface area contributed by atoms with E-state index >= 15 is 0 Å². The summed E-state index contributed by atoms with van der Waals surface area (Å²) in [5.41, 5.74) is 5.78. The Hall–Kier alpha value is -1.96. The summed E-state index contributed by atoms with van der Waals surface area (Å²) < 4.78 is 32.7. The summed E-state index contributed by atoms with van der Waals surface area (Å²) in [5.74, 6) is 0. The highest BCUT2D eigenvalue weighted by molar-refractivity contribution is 9.10. The molecule has 1 aliphatic rings. The summed E-state index contributed by atoms with van der Waals surface area (Å²) in [6.45, 7) is 12.1. The molecular formula is C25H31BrN2O3S. The molecule has 1 aromatic heterocycles. The Morgan fingerprint density at radius 1 is 1.03 bits per heavy atom. The molecule has 0 unspecified atom stereocenters. The summed E-state index contributed by atoms with van der Waals surface area (Å²) in [6, 6.07) is 12.7. The summed E-state index contributed by atoms with van der Waals surface area (Å²) in [5, 5.41) is 4.33. The minimum atomic E-state index is -4.02. The van der Waals surface area contributed by atoms with Crippen molar-refractivity contribution in [3.63, 3.8) is 0 Å². The molecule has 4 rings (SSSR count). The van der Waals surface area contributed by atoms with Gasteiger partial charge in [-0.05, 0) is 71.6 Å². The second kappa shape index (κ2) is 9.12. The second-order valence-electron chi connectivity index (χ2n) is 9.75. The molecule has 0 aliphatic heterocycles. The van der Waals surface area contributed by atoms with Gasteiger partial charge in [0.15, 0.2) is 0 Å². The Balaban J connectivity index is 0.000000222. The van der Waals surface area contributed by atoms with Crippen LogP contribution in [0.5, 0.6) is 0 Å². The Morgan fingerprint density at radius 2 is 1.59 bits per heavy atom. The van der Waals surface area contributed by atoms with Gasteiger partial charge in [0, 0.05) is 16.9 Å². The molecule has 1 N–H and O–H groups in total. The van der Waals surface area contributed by atoms with Gasteiger partial charge < -0.3 is 0 Å². The van der Waals surface area contributed by atoms with E-state index in [9.17, 15) is 8.42 Å². The molecule has 172 valence electrons. The lowest BCUT2D eigenvalue weighted by Crippen LogP contribution is -2.34. The number of fused-ring (bicyclic) bond motifs is 1. The zero-order valence-corrected chi connectivity index (χ0v) is 21.7. The summed E-state index contributed by atoms with van der Waals surface area (Å²) in [6.07, 6.45) is 6.34. The summed E-state index contributed by atoms with van der Waals surface area (Å²) in [7, 11) is -4.02. The van der Waals surface area contributed by atoms with Gasteiger partial charge in [-0.2, -0.15) is 13.5 Å². The molecule has 0 amide bonds. The smallest absolute Gasteiger partial charge is 0.282 e. The first kappa shape index (κ1) is 24.7. The standard InChI is InChI=1S/C18H23BrN2.C7H8O3S/c1-17(2)6-7-18(3,4)15-11-16(19)13(10-14(15)17)12-21-9-5-8-20-21;1-6-2-4-7(5-3-6)11(8,9)10/h5,8-11H,6-7,12H2,1-4H3;2-5H,1H3,(H,8,9,10). The van der Waals surface area contributed by atoms with Crippen LogP contribution in [0.2, 0.25) is 0 Å². The van der Waals surface area contributed by atoms with E-state index in [0.29, 0.717) is 0 Å². The quantitative estimate of drug-likeness (QED) is 0.413. The van der Waals surface area contributed by atoms with E-state index in [-0.39, 0.29) is 15.7 Å². The predicted octanol–water partition coefficient (Wildman–Crippen LogP) is 6.28. The van der Waals surface area contributed by atoms with Gasteiger partial charge in [0.1, 0.15) is 0 Å². The molecule has 0 saturated carbocycles. The second-order valence-corrected chi connectivity index (χ2v) is 12.0. The highest BCUT2D eigenvalue weighted by atomic mass is 79.9.